The Morgan fingerprint density at radius 1 is 0.868 bits per heavy atom. The molecule has 10 nitrogen and oxygen atoms in total. The third-order valence-corrected chi connectivity index (χ3v) is 11.8. The van der Waals surface area contributed by atoms with Crippen LogP contribution in [0.3, 0.4) is 0 Å². The van der Waals surface area contributed by atoms with Crippen molar-refractivity contribution in [2.75, 3.05) is 20.2 Å². The van der Waals surface area contributed by atoms with Gasteiger partial charge in [0.15, 0.2) is 0 Å². The molecule has 2 fully saturated rings. The van der Waals surface area contributed by atoms with Crippen LogP contribution in [0.25, 0.3) is 0 Å². The zero-order valence-electron chi connectivity index (χ0n) is 29.8. The molecule has 7 rings (SSSR count). The Morgan fingerprint density at radius 2 is 1.51 bits per heavy atom. The lowest BCUT2D eigenvalue weighted by Gasteiger charge is -2.39. The molecule has 11 heteroatoms. The molecule has 5 bridgehead atoms. The summed E-state index contributed by atoms with van der Waals surface area (Å²) < 4.78 is 13.7. The Morgan fingerprint density at radius 3 is 2.17 bits per heavy atom. The first-order valence-electron chi connectivity index (χ1n) is 18.2. The molecular weight excluding hydrogens is 738 g/mol. The second kappa shape index (κ2) is 15.4. The largest absolute Gasteiger partial charge is 0.455 e. The fourth-order valence-electron chi connectivity index (χ4n) is 8.37. The molecule has 3 aromatic rings. The number of amides is 3. The van der Waals surface area contributed by atoms with Gasteiger partial charge in [0.05, 0.1) is 24.6 Å². The number of allylic oxidation sites excluding steroid dienone is 1. The number of likely N-dealkylation sites (N-methyl/N-ethyl adjacent to an activating group) is 1. The van der Waals surface area contributed by atoms with Gasteiger partial charge in [-0.05, 0) is 42.5 Å². The third kappa shape index (κ3) is 6.86. The maximum atomic E-state index is 15.2. The number of benzene rings is 3. The molecule has 4 aliphatic rings. The van der Waals surface area contributed by atoms with Gasteiger partial charge in [0.25, 0.3) is 0 Å². The highest BCUT2D eigenvalue weighted by atomic mass is 79.9. The van der Waals surface area contributed by atoms with E-state index in [-0.39, 0.29) is 37.7 Å². The van der Waals surface area contributed by atoms with E-state index in [2.05, 4.69) is 15.9 Å². The minimum absolute atomic E-state index is 0.119. The van der Waals surface area contributed by atoms with Crippen molar-refractivity contribution in [3.63, 3.8) is 0 Å². The van der Waals surface area contributed by atoms with Gasteiger partial charge in [-0.15, -0.1) is 0 Å². The zero-order valence-corrected chi connectivity index (χ0v) is 31.4. The fourth-order valence-corrected chi connectivity index (χ4v) is 9.11. The molecule has 3 amide bonds. The topological polar surface area (TPSA) is 117 Å². The van der Waals surface area contributed by atoms with Crippen molar-refractivity contribution in [1.29, 1.82) is 0 Å². The standard InChI is InChI=1S/C42H44BrN3O7/c1-27-36(30-19-11-5-12-20-30)52-41(51)34-35-39(49)46(31(26-47)23-28-15-7-3-8-16-28)38(42(35)24-32(43)37(34)53-42)40(50)45(25-29-17-9-4-10-18-29)22-14-6-13-21-33(48)44(27)2/h3-12,14-20,24,27,31,34-38,47H,13,21-23,25-26H2,1-2H3/b14-6-/t27-,31-,34+,35-,36+,37+,38+,42-/m1/s1. The van der Waals surface area contributed by atoms with E-state index >= 15 is 9.59 Å². The SMILES string of the molecule is C[C@@H]1[C@@H](c2ccccc2)OC(=O)[C@@H]2[C@H]3O[C@@]4(C=C3Br)[C@H](C(=O)N(Cc3ccccc3)C/C=C\CCC(=O)N1C)N([C@@H](CO)Cc1ccccc1)C(=O)[C@@H]24. The number of aliphatic hydroxyl groups excluding tert-OH is 1. The molecular formula is C42H44BrN3O7. The van der Waals surface area contributed by atoms with Crippen molar-refractivity contribution in [2.24, 2.45) is 11.8 Å². The summed E-state index contributed by atoms with van der Waals surface area (Å²) in [5.41, 5.74) is 0.959. The van der Waals surface area contributed by atoms with Crippen molar-refractivity contribution in [1.82, 2.24) is 14.7 Å². The maximum Gasteiger partial charge on any atom is 0.313 e. The van der Waals surface area contributed by atoms with E-state index in [0.717, 1.165) is 11.1 Å². The van der Waals surface area contributed by atoms with Gasteiger partial charge in [0.1, 0.15) is 29.8 Å². The minimum Gasteiger partial charge on any atom is -0.455 e. The van der Waals surface area contributed by atoms with E-state index < -0.39 is 66.3 Å². The number of esters is 1. The van der Waals surface area contributed by atoms with Crippen LogP contribution >= 0.6 is 15.9 Å². The summed E-state index contributed by atoms with van der Waals surface area (Å²) in [5.74, 6) is -3.81. The van der Waals surface area contributed by atoms with Gasteiger partial charge in [-0.3, -0.25) is 19.2 Å². The molecule has 0 radical (unpaired) electrons. The third-order valence-electron chi connectivity index (χ3n) is 11.1. The van der Waals surface area contributed by atoms with Gasteiger partial charge in [0, 0.05) is 31.0 Å². The van der Waals surface area contributed by atoms with Crippen LogP contribution in [0.1, 0.15) is 42.6 Å². The molecule has 2 saturated heterocycles. The van der Waals surface area contributed by atoms with Crippen LogP contribution in [-0.4, -0.2) is 93.5 Å². The number of aliphatic hydroxyl groups is 1. The van der Waals surface area contributed by atoms with Gasteiger partial charge in [-0.25, -0.2) is 0 Å². The smallest absolute Gasteiger partial charge is 0.313 e. The number of cyclic esters (lactones) is 1. The Bertz CT molecular complexity index is 1890. The number of nitrogens with zero attached hydrogens (tertiary/aromatic N) is 3. The molecule has 0 aliphatic carbocycles. The van der Waals surface area contributed by atoms with Crippen LogP contribution in [0.15, 0.2) is 114 Å². The van der Waals surface area contributed by atoms with Crippen LogP contribution in [0, 0.1) is 11.8 Å². The molecule has 0 aromatic heterocycles. The van der Waals surface area contributed by atoms with Crippen molar-refractivity contribution in [2.45, 2.75) is 68.7 Å². The maximum absolute atomic E-state index is 15.2. The highest BCUT2D eigenvalue weighted by molar-refractivity contribution is 9.11. The molecule has 4 heterocycles. The van der Waals surface area contributed by atoms with Gasteiger partial charge in [0.2, 0.25) is 17.7 Å². The number of fused-ring (bicyclic) bond motifs is 2. The number of likely N-dealkylation sites (tertiary alicyclic amines) is 1. The average molecular weight is 783 g/mol. The Kier molecular flexibility index (Phi) is 10.7. The Labute approximate surface area is 318 Å². The number of hydrogen-bond donors (Lipinski definition) is 1. The summed E-state index contributed by atoms with van der Waals surface area (Å²) in [6, 6.07) is 25.8. The molecule has 276 valence electrons. The summed E-state index contributed by atoms with van der Waals surface area (Å²) in [5, 5.41) is 10.9. The molecule has 4 aliphatic heterocycles. The first-order valence-corrected chi connectivity index (χ1v) is 19.0. The molecule has 1 spiro atoms. The Balaban J connectivity index is 1.36. The zero-order chi connectivity index (χ0) is 37.3. The molecule has 8 atom stereocenters. The number of ether oxygens (including phenoxy) is 2. The predicted octanol–water partition coefficient (Wildman–Crippen LogP) is 4.97. The molecule has 3 aromatic carbocycles. The number of carbonyl (C=O) groups excluding carboxylic acids is 4. The molecule has 0 saturated carbocycles. The summed E-state index contributed by atoms with van der Waals surface area (Å²) in [6.07, 6.45) is 4.76. The van der Waals surface area contributed by atoms with Crippen LogP contribution < -0.4 is 0 Å². The molecule has 0 unspecified atom stereocenters. The summed E-state index contributed by atoms with van der Waals surface area (Å²) in [7, 11) is 1.70. The van der Waals surface area contributed by atoms with E-state index in [1.807, 2.05) is 110 Å². The second-order valence-corrected chi connectivity index (χ2v) is 15.2. The first-order chi connectivity index (χ1) is 25.6. The average Bonchev–Trinajstić information content (AvgIpc) is 3.78. The summed E-state index contributed by atoms with van der Waals surface area (Å²) >= 11 is 3.64. The fraction of sp³-hybridized carbons (Fsp3) is 0.381. The summed E-state index contributed by atoms with van der Waals surface area (Å²) in [6.45, 7) is 1.87. The molecule has 53 heavy (non-hydrogen) atoms. The van der Waals surface area contributed by atoms with E-state index in [4.69, 9.17) is 9.47 Å². The van der Waals surface area contributed by atoms with Gasteiger partial charge >= 0.3 is 5.97 Å². The van der Waals surface area contributed by atoms with Crippen molar-refractivity contribution < 1.29 is 33.8 Å². The van der Waals surface area contributed by atoms with Gasteiger partial charge in [-0.2, -0.15) is 0 Å². The lowest BCUT2D eigenvalue weighted by molar-refractivity contribution is -0.164. The normalized spacial score (nSPS) is 30.3. The van der Waals surface area contributed by atoms with Crippen LogP contribution in [0.4, 0.5) is 0 Å². The number of rotatable bonds is 7. The lowest BCUT2D eigenvalue weighted by atomic mass is 9.74. The van der Waals surface area contributed by atoms with E-state index in [0.29, 0.717) is 16.5 Å². The van der Waals surface area contributed by atoms with Gasteiger partial charge in [-0.1, -0.05) is 119 Å². The second-order valence-electron chi connectivity index (χ2n) is 14.3. The quantitative estimate of drug-likeness (QED) is 0.266. The number of halogens is 1. The number of carbonyl (C=O) groups is 4. The van der Waals surface area contributed by atoms with E-state index in [1.165, 1.54) is 4.90 Å². The van der Waals surface area contributed by atoms with Crippen molar-refractivity contribution in [3.8, 4) is 0 Å². The van der Waals surface area contributed by atoms with E-state index in [9.17, 15) is 14.7 Å². The lowest BCUT2D eigenvalue weighted by Crippen LogP contribution is -2.58. The minimum atomic E-state index is -1.52. The highest BCUT2D eigenvalue weighted by Crippen LogP contribution is 2.59. The van der Waals surface area contributed by atoms with Crippen molar-refractivity contribution in [3.05, 3.63) is 130 Å². The summed E-state index contributed by atoms with van der Waals surface area (Å²) in [4.78, 5) is 63.1. The van der Waals surface area contributed by atoms with Crippen molar-refractivity contribution >= 4 is 39.6 Å². The van der Waals surface area contributed by atoms with Gasteiger partial charge < -0.3 is 29.3 Å². The molecule has 1 N–H and O–H groups in total. The number of hydrogen-bond acceptors (Lipinski definition) is 7. The predicted molar refractivity (Wildman–Crippen MR) is 201 cm³/mol. The monoisotopic (exact) mass is 781 g/mol. The van der Waals surface area contributed by atoms with E-state index in [1.54, 1.807) is 22.9 Å². The Hall–Kier alpha value is -4.58. The van der Waals surface area contributed by atoms with Crippen LogP contribution in [0.5, 0.6) is 0 Å². The van der Waals surface area contributed by atoms with Crippen LogP contribution in [-0.2, 0) is 41.6 Å². The highest BCUT2D eigenvalue weighted by Gasteiger charge is 2.75. The first kappa shape index (κ1) is 36.8. The van der Waals surface area contributed by atoms with Crippen LogP contribution in [0.2, 0.25) is 0 Å².